The Morgan fingerprint density at radius 1 is 1.50 bits per heavy atom. The van der Waals surface area contributed by atoms with Crippen molar-refractivity contribution in [2.24, 2.45) is 0 Å². The molecule has 1 aliphatic carbocycles. The van der Waals surface area contributed by atoms with E-state index < -0.39 is 0 Å². The first-order valence-electron chi connectivity index (χ1n) is 5.22. The van der Waals surface area contributed by atoms with Crippen LogP contribution in [0.2, 0.25) is 0 Å². The number of hydrogen-bond acceptors (Lipinski definition) is 3. The minimum absolute atomic E-state index is 0.360. The van der Waals surface area contributed by atoms with E-state index in [-0.39, 0.29) is 0 Å². The summed E-state index contributed by atoms with van der Waals surface area (Å²) < 4.78 is 0. The van der Waals surface area contributed by atoms with Crippen LogP contribution in [-0.2, 0) is 6.54 Å². The second kappa shape index (κ2) is 3.65. The zero-order valence-corrected chi connectivity index (χ0v) is 8.88. The fourth-order valence-electron chi connectivity index (χ4n) is 1.79. The molecule has 1 fully saturated rings. The Kier molecular flexibility index (Phi) is 2.50. The summed E-state index contributed by atoms with van der Waals surface area (Å²) in [5.41, 5.74) is 1.45. The second-order valence-electron chi connectivity index (χ2n) is 4.36. The summed E-state index contributed by atoms with van der Waals surface area (Å²) >= 11 is 0. The van der Waals surface area contributed by atoms with Crippen molar-refractivity contribution < 1.29 is 0 Å². The van der Waals surface area contributed by atoms with Gasteiger partial charge in [-0.25, -0.2) is 9.97 Å². The van der Waals surface area contributed by atoms with E-state index >= 15 is 0 Å². The Morgan fingerprint density at radius 2 is 2.29 bits per heavy atom. The first-order valence-corrected chi connectivity index (χ1v) is 5.22. The van der Waals surface area contributed by atoms with E-state index in [9.17, 15) is 0 Å². The monoisotopic (exact) mass is 191 g/mol. The van der Waals surface area contributed by atoms with Gasteiger partial charge in [-0.2, -0.15) is 0 Å². The molecule has 1 aromatic heterocycles. The van der Waals surface area contributed by atoms with Gasteiger partial charge in [0.25, 0.3) is 0 Å². The molecule has 1 aliphatic rings. The van der Waals surface area contributed by atoms with Gasteiger partial charge in [-0.15, -0.1) is 0 Å². The fourth-order valence-corrected chi connectivity index (χ4v) is 1.79. The van der Waals surface area contributed by atoms with E-state index in [4.69, 9.17) is 0 Å². The van der Waals surface area contributed by atoms with Crippen LogP contribution in [-0.4, -0.2) is 15.5 Å². The highest BCUT2D eigenvalue weighted by atomic mass is 15.0. The molecule has 0 bridgehead atoms. The molecule has 3 heteroatoms. The zero-order chi connectivity index (χ0) is 10.0. The molecule has 0 saturated heterocycles. The zero-order valence-electron chi connectivity index (χ0n) is 8.88. The molecule has 0 aromatic carbocycles. The number of rotatable bonds is 3. The number of nitrogens with zero attached hydrogens (tertiary/aromatic N) is 2. The van der Waals surface area contributed by atoms with Crippen LogP contribution in [0.4, 0.5) is 0 Å². The summed E-state index contributed by atoms with van der Waals surface area (Å²) in [5, 5.41) is 3.55. The van der Waals surface area contributed by atoms with E-state index in [0.717, 1.165) is 18.1 Å². The van der Waals surface area contributed by atoms with Crippen molar-refractivity contribution in [3.8, 4) is 0 Å². The highest BCUT2D eigenvalue weighted by Gasteiger charge is 2.30. The number of nitrogens with one attached hydrogen (secondary N) is 1. The molecule has 0 atom stereocenters. The minimum Gasteiger partial charge on any atom is -0.306 e. The van der Waals surface area contributed by atoms with Crippen LogP contribution in [0.3, 0.4) is 0 Å². The quantitative estimate of drug-likeness (QED) is 0.792. The Balaban J connectivity index is 1.91. The SMILES string of the molecule is Cc1nccc(CNC2(C)CCC2)n1. The van der Waals surface area contributed by atoms with Crippen LogP contribution in [0.5, 0.6) is 0 Å². The maximum Gasteiger partial charge on any atom is 0.125 e. The van der Waals surface area contributed by atoms with Crippen molar-refractivity contribution in [3.63, 3.8) is 0 Å². The molecule has 0 spiro atoms. The Labute approximate surface area is 85.0 Å². The van der Waals surface area contributed by atoms with E-state index in [0.29, 0.717) is 5.54 Å². The van der Waals surface area contributed by atoms with Gasteiger partial charge in [0.05, 0.1) is 5.69 Å². The molecular weight excluding hydrogens is 174 g/mol. The molecule has 14 heavy (non-hydrogen) atoms. The summed E-state index contributed by atoms with van der Waals surface area (Å²) in [6, 6.07) is 1.97. The summed E-state index contributed by atoms with van der Waals surface area (Å²) in [4.78, 5) is 8.44. The normalized spacial score (nSPS) is 19.0. The van der Waals surface area contributed by atoms with Crippen LogP contribution in [0.25, 0.3) is 0 Å². The largest absolute Gasteiger partial charge is 0.306 e. The van der Waals surface area contributed by atoms with Crippen LogP contribution in [0, 0.1) is 6.92 Å². The van der Waals surface area contributed by atoms with Gasteiger partial charge < -0.3 is 5.32 Å². The van der Waals surface area contributed by atoms with Gasteiger partial charge in [-0.05, 0) is 39.2 Å². The predicted molar refractivity (Wildman–Crippen MR) is 55.9 cm³/mol. The third-order valence-electron chi connectivity index (χ3n) is 2.99. The molecule has 2 rings (SSSR count). The first kappa shape index (κ1) is 9.59. The standard InChI is InChI=1S/C11H17N3/c1-9-12-7-4-10(14-9)8-13-11(2)5-3-6-11/h4,7,13H,3,5-6,8H2,1-2H3. The average Bonchev–Trinajstić information content (AvgIpc) is 2.12. The lowest BCUT2D eigenvalue weighted by molar-refractivity contribution is 0.206. The van der Waals surface area contributed by atoms with Crippen LogP contribution in [0.1, 0.15) is 37.7 Å². The molecule has 1 N–H and O–H groups in total. The van der Waals surface area contributed by atoms with Gasteiger partial charge in [-0.1, -0.05) is 0 Å². The molecule has 0 aliphatic heterocycles. The third-order valence-corrected chi connectivity index (χ3v) is 2.99. The van der Waals surface area contributed by atoms with Crippen molar-refractivity contribution >= 4 is 0 Å². The maximum atomic E-state index is 4.36. The lowest BCUT2D eigenvalue weighted by Gasteiger charge is -2.39. The predicted octanol–water partition coefficient (Wildman–Crippen LogP) is 1.82. The topological polar surface area (TPSA) is 37.8 Å². The lowest BCUT2D eigenvalue weighted by Crippen LogP contribution is -2.47. The van der Waals surface area contributed by atoms with Gasteiger partial charge >= 0.3 is 0 Å². The van der Waals surface area contributed by atoms with Gasteiger partial charge in [-0.3, -0.25) is 0 Å². The molecule has 1 saturated carbocycles. The van der Waals surface area contributed by atoms with Gasteiger partial charge in [0, 0.05) is 18.3 Å². The molecule has 1 heterocycles. The van der Waals surface area contributed by atoms with Crippen molar-refractivity contribution in [3.05, 3.63) is 23.8 Å². The van der Waals surface area contributed by atoms with E-state index in [1.54, 1.807) is 0 Å². The van der Waals surface area contributed by atoms with Crippen molar-refractivity contribution in [2.45, 2.75) is 45.2 Å². The molecule has 76 valence electrons. The van der Waals surface area contributed by atoms with Crippen molar-refractivity contribution in [1.29, 1.82) is 0 Å². The second-order valence-corrected chi connectivity index (χ2v) is 4.36. The summed E-state index contributed by atoms with van der Waals surface area (Å²) in [6.45, 7) is 5.07. The smallest absolute Gasteiger partial charge is 0.125 e. The molecule has 1 aromatic rings. The van der Waals surface area contributed by atoms with Crippen LogP contribution >= 0.6 is 0 Å². The van der Waals surface area contributed by atoms with Gasteiger partial charge in [0.15, 0.2) is 0 Å². The van der Waals surface area contributed by atoms with Crippen molar-refractivity contribution in [2.75, 3.05) is 0 Å². The van der Waals surface area contributed by atoms with Gasteiger partial charge in [0.2, 0.25) is 0 Å². The van der Waals surface area contributed by atoms with E-state index in [2.05, 4.69) is 22.2 Å². The Hall–Kier alpha value is -0.960. The highest BCUT2D eigenvalue weighted by Crippen LogP contribution is 2.30. The molecule has 0 unspecified atom stereocenters. The summed E-state index contributed by atoms with van der Waals surface area (Å²) in [5.74, 6) is 0.850. The molecular formula is C11H17N3. The molecule has 0 radical (unpaired) electrons. The molecule has 0 amide bonds. The minimum atomic E-state index is 0.360. The lowest BCUT2D eigenvalue weighted by atomic mass is 9.78. The van der Waals surface area contributed by atoms with E-state index in [1.807, 2.05) is 19.2 Å². The highest BCUT2D eigenvalue weighted by molar-refractivity contribution is 5.03. The fraction of sp³-hybridized carbons (Fsp3) is 0.636. The van der Waals surface area contributed by atoms with Crippen molar-refractivity contribution in [1.82, 2.24) is 15.3 Å². The number of aryl methyl sites for hydroxylation is 1. The van der Waals surface area contributed by atoms with E-state index in [1.165, 1.54) is 19.3 Å². The Morgan fingerprint density at radius 3 is 2.86 bits per heavy atom. The molecule has 3 nitrogen and oxygen atoms in total. The summed E-state index contributed by atoms with van der Waals surface area (Å²) in [7, 11) is 0. The van der Waals surface area contributed by atoms with Crippen LogP contribution in [0.15, 0.2) is 12.3 Å². The first-order chi connectivity index (χ1) is 6.68. The Bertz CT molecular complexity index is 318. The number of hydrogen-bond donors (Lipinski definition) is 1. The van der Waals surface area contributed by atoms with Gasteiger partial charge in [0.1, 0.15) is 5.82 Å². The number of aromatic nitrogens is 2. The maximum absolute atomic E-state index is 4.36. The summed E-state index contributed by atoms with van der Waals surface area (Å²) in [6.07, 6.45) is 5.75. The van der Waals surface area contributed by atoms with Crippen LogP contribution < -0.4 is 5.32 Å². The third kappa shape index (κ3) is 2.10. The average molecular weight is 191 g/mol.